The summed E-state index contributed by atoms with van der Waals surface area (Å²) in [6, 6.07) is 0. The molecule has 14 heavy (non-hydrogen) atoms. The highest BCUT2D eigenvalue weighted by molar-refractivity contribution is 5.29. The third-order valence-corrected chi connectivity index (χ3v) is 3.74. The highest BCUT2D eigenvalue weighted by Gasteiger charge is 2.70. The molecular weight excluding hydrogens is 180 g/mol. The van der Waals surface area contributed by atoms with Crippen molar-refractivity contribution in [2.75, 3.05) is 27.4 Å². The number of aliphatic hydroxyl groups excluding tert-OH is 1. The summed E-state index contributed by atoms with van der Waals surface area (Å²) < 4.78 is 10.4. The summed E-state index contributed by atoms with van der Waals surface area (Å²) in [5.74, 6) is 0. The molecule has 80 valence electrons. The molecule has 2 aliphatic rings. The summed E-state index contributed by atoms with van der Waals surface area (Å²) in [6.45, 7) is 1.31. The first-order valence-corrected chi connectivity index (χ1v) is 5.04. The lowest BCUT2D eigenvalue weighted by Gasteiger charge is -2.30. The molecule has 3 heteroatoms. The number of hydrogen-bond acceptors (Lipinski definition) is 3. The Morgan fingerprint density at radius 3 is 2.71 bits per heavy atom. The van der Waals surface area contributed by atoms with Crippen LogP contribution in [0.3, 0.4) is 0 Å². The van der Waals surface area contributed by atoms with Crippen molar-refractivity contribution in [2.24, 2.45) is 10.8 Å². The number of ether oxygens (including phenoxy) is 2. The molecule has 1 N–H and O–H groups in total. The molecule has 1 saturated carbocycles. The molecular formula is C11H18O3. The average molecular weight is 198 g/mol. The fourth-order valence-corrected chi connectivity index (χ4v) is 2.89. The molecule has 0 aromatic heterocycles. The molecule has 0 aromatic rings. The van der Waals surface area contributed by atoms with E-state index in [9.17, 15) is 5.11 Å². The van der Waals surface area contributed by atoms with Crippen LogP contribution in [0.5, 0.6) is 0 Å². The van der Waals surface area contributed by atoms with Crippen molar-refractivity contribution in [1.82, 2.24) is 0 Å². The first-order valence-electron chi connectivity index (χ1n) is 5.04. The van der Waals surface area contributed by atoms with Crippen LogP contribution < -0.4 is 0 Å². The predicted molar refractivity (Wildman–Crippen MR) is 53.0 cm³/mol. The van der Waals surface area contributed by atoms with Gasteiger partial charge in [-0.25, -0.2) is 0 Å². The average Bonchev–Trinajstić information content (AvgIpc) is 2.77. The standard InChI is InChI=1S/C11H18O3/c1-13-7-10-5-3-4-9(12)11(10,6-10)8-14-2/h3,5,9,12H,4,6-8H2,1-2H3/t9-,10-,11+/m0/s1. The molecule has 0 radical (unpaired) electrons. The van der Waals surface area contributed by atoms with Gasteiger partial charge in [-0.2, -0.15) is 0 Å². The normalized spacial score (nSPS) is 44.9. The van der Waals surface area contributed by atoms with Crippen molar-refractivity contribution >= 4 is 0 Å². The Kier molecular flexibility index (Phi) is 2.41. The van der Waals surface area contributed by atoms with E-state index in [1.54, 1.807) is 14.2 Å². The third-order valence-electron chi connectivity index (χ3n) is 3.74. The Morgan fingerprint density at radius 2 is 2.07 bits per heavy atom. The molecule has 0 aromatic carbocycles. The minimum atomic E-state index is -0.275. The highest BCUT2D eigenvalue weighted by Crippen LogP contribution is 2.69. The Bertz CT molecular complexity index is 251. The van der Waals surface area contributed by atoms with E-state index in [0.717, 1.165) is 12.8 Å². The number of hydrogen-bond donors (Lipinski definition) is 1. The Labute approximate surface area is 84.7 Å². The lowest BCUT2D eigenvalue weighted by atomic mass is 9.82. The number of fused-ring (bicyclic) bond motifs is 1. The lowest BCUT2D eigenvalue weighted by molar-refractivity contribution is -0.00351. The maximum Gasteiger partial charge on any atom is 0.0662 e. The quantitative estimate of drug-likeness (QED) is 0.684. The molecule has 2 aliphatic carbocycles. The van der Waals surface area contributed by atoms with Crippen molar-refractivity contribution in [2.45, 2.75) is 18.9 Å². The molecule has 1 fully saturated rings. The third kappa shape index (κ3) is 1.16. The monoisotopic (exact) mass is 198 g/mol. The second kappa shape index (κ2) is 3.33. The zero-order valence-electron chi connectivity index (χ0n) is 8.82. The largest absolute Gasteiger partial charge is 0.392 e. The van der Waals surface area contributed by atoms with Crippen LogP contribution in [0.25, 0.3) is 0 Å². The SMILES string of the molecule is COC[C@@]12C=CC[C@H](O)[C@]1(COC)C2. The van der Waals surface area contributed by atoms with Crippen LogP contribution in [-0.4, -0.2) is 38.6 Å². The van der Waals surface area contributed by atoms with Crippen molar-refractivity contribution in [3.63, 3.8) is 0 Å². The van der Waals surface area contributed by atoms with Gasteiger partial charge >= 0.3 is 0 Å². The molecule has 0 bridgehead atoms. The molecule has 3 atom stereocenters. The molecule has 0 unspecified atom stereocenters. The molecule has 3 nitrogen and oxygen atoms in total. The molecule has 0 heterocycles. The molecule has 0 spiro atoms. The van der Waals surface area contributed by atoms with Crippen LogP contribution >= 0.6 is 0 Å². The van der Waals surface area contributed by atoms with Crippen molar-refractivity contribution in [3.8, 4) is 0 Å². The minimum absolute atomic E-state index is 0.0371. The Balaban J connectivity index is 2.19. The van der Waals surface area contributed by atoms with Gasteiger partial charge in [0.2, 0.25) is 0 Å². The van der Waals surface area contributed by atoms with Gasteiger partial charge in [0.25, 0.3) is 0 Å². The number of rotatable bonds is 4. The fourth-order valence-electron chi connectivity index (χ4n) is 2.89. The zero-order chi connectivity index (χ0) is 10.2. The van der Waals surface area contributed by atoms with Gasteiger partial charge < -0.3 is 14.6 Å². The van der Waals surface area contributed by atoms with Crippen molar-refractivity contribution in [3.05, 3.63) is 12.2 Å². The second-order valence-corrected chi connectivity index (χ2v) is 4.51. The van der Waals surface area contributed by atoms with Gasteiger partial charge in [0.1, 0.15) is 0 Å². The fraction of sp³-hybridized carbons (Fsp3) is 0.818. The minimum Gasteiger partial charge on any atom is -0.392 e. The van der Waals surface area contributed by atoms with E-state index < -0.39 is 0 Å². The Morgan fingerprint density at radius 1 is 1.36 bits per heavy atom. The maximum atomic E-state index is 10.0. The van der Waals surface area contributed by atoms with E-state index in [1.165, 1.54) is 0 Å². The summed E-state index contributed by atoms with van der Waals surface area (Å²) in [5, 5.41) is 10.0. The summed E-state index contributed by atoms with van der Waals surface area (Å²) in [4.78, 5) is 0. The van der Waals surface area contributed by atoms with Crippen LogP contribution in [-0.2, 0) is 9.47 Å². The van der Waals surface area contributed by atoms with Crippen LogP contribution in [0.1, 0.15) is 12.8 Å². The van der Waals surface area contributed by atoms with Crippen LogP contribution in [0.15, 0.2) is 12.2 Å². The smallest absolute Gasteiger partial charge is 0.0662 e. The van der Waals surface area contributed by atoms with E-state index in [4.69, 9.17) is 9.47 Å². The van der Waals surface area contributed by atoms with E-state index in [2.05, 4.69) is 12.2 Å². The van der Waals surface area contributed by atoms with E-state index in [-0.39, 0.29) is 16.9 Å². The number of methoxy groups -OCH3 is 2. The first-order chi connectivity index (χ1) is 6.71. The maximum absolute atomic E-state index is 10.0. The molecule has 0 aliphatic heterocycles. The van der Waals surface area contributed by atoms with Gasteiger partial charge in [0.05, 0.1) is 19.3 Å². The van der Waals surface area contributed by atoms with Crippen LogP contribution in [0, 0.1) is 10.8 Å². The molecule has 2 rings (SSSR count). The summed E-state index contributed by atoms with van der Waals surface area (Å²) in [6.07, 6.45) is 5.71. The van der Waals surface area contributed by atoms with Gasteiger partial charge in [-0.05, 0) is 12.8 Å². The van der Waals surface area contributed by atoms with E-state index in [0.29, 0.717) is 13.2 Å². The first kappa shape index (κ1) is 10.1. The Hall–Kier alpha value is -0.380. The van der Waals surface area contributed by atoms with Gasteiger partial charge in [0.15, 0.2) is 0 Å². The van der Waals surface area contributed by atoms with Crippen LogP contribution in [0.2, 0.25) is 0 Å². The summed E-state index contributed by atoms with van der Waals surface area (Å²) in [5.41, 5.74) is -0.0397. The molecule has 0 saturated heterocycles. The van der Waals surface area contributed by atoms with Crippen molar-refractivity contribution < 1.29 is 14.6 Å². The summed E-state index contributed by atoms with van der Waals surface area (Å²) in [7, 11) is 3.40. The van der Waals surface area contributed by atoms with Crippen molar-refractivity contribution in [1.29, 1.82) is 0 Å². The predicted octanol–water partition coefficient (Wildman–Crippen LogP) is 0.976. The van der Waals surface area contributed by atoms with Gasteiger partial charge in [-0.3, -0.25) is 0 Å². The van der Waals surface area contributed by atoms with E-state index in [1.807, 2.05) is 0 Å². The van der Waals surface area contributed by atoms with Crippen LogP contribution in [0.4, 0.5) is 0 Å². The zero-order valence-corrected chi connectivity index (χ0v) is 8.82. The van der Waals surface area contributed by atoms with Gasteiger partial charge in [0, 0.05) is 25.0 Å². The lowest BCUT2D eigenvalue weighted by Crippen LogP contribution is -2.35. The highest BCUT2D eigenvalue weighted by atomic mass is 16.5. The van der Waals surface area contributed by atoms with Gasteiger partial charge in [-0.15, -0.1) is 0 Å². The van der Waals surface area contributed by atoms with E-state index >= 15 is 0 Å². The molecule has 0 amide bonds. The van der Waals surface area contributed by atoms with Gasteiger partial charge in [-0.1, -0.05) is 12.2 Å². The summed E-state index contributed by atoms with van der Waals surface area (Å²) >= 11 is 0. The number of aliphatic hydroxyl groups is 1. The topological polar surface area (TPSA) is 38.7 Å². The second-order valence-electron chi connectivity index (χ2n) is 4.51.